The number of Topliss-reactive ketones (excluding diaryl/α,β-unsaturated/α-hetero) is 1. The van der Waals surface area contributed by atoms with Gasteiger partial charge in [0.1, 0.15) is 5.82 Å². The third kappa shape index (κ3) is 4.33. The summed E-state index contributed by atoms with van der Waals surface area (Å²) in [6.45, 7) is 3.10. The van der Waals surface area contributed by atoms with Gasteiger partial charge >= 0.3 is 6.18 Å². The van der Waals surface area contributed by atoms with Crippen molar-refractivity contribution in [1.82, 2.24) is 10.2 Å². The second-order valence-corrected chi connectivity index (χ2v) is 9.93. The summed E-state index contributed by atoms with van der Waals surface area (Å²) in [5, 5.41) is 1.97. The van der Waals surface area contributed by atoms with Crippen molar-refractivity contribution in [2.45, 2.75) is 44.9 Å². The fourth-order valence-electron chi connectivity index (χ4n) is 4.64. The van der Waals surface area contributed by atoms with Gasteiger partial charge in [-0.15, -0.1) is 0 Å². The lowest BCUT2D eigenvalue weighted by atomic mass is 9.72. The molecule has 0 radical (unpaired) electrons. The summed E-state index contributed by atoms with van der Waals surface area (Å²) in [7, 11) is 0. The zero-order valence-electron chi connectivity index (χ0n) is 18.8. The largest absolute Gasteiger partial charge is 0.425 e. The molecule has 0 unspecified atom stereocenters. The van der Waals surface area contributed by atoms with E-state index in [2.05, 4.69) is 0 Å². The number of amides is 2. The first-order valence-electron chi connectivity index (χ1n) is 10.7. The van der Waals surface area contributed by atoms with Crippen LogP contribution in [-0.4, -0.2) is 34.2 Å². The Bertz CT molecular complexity index is 1250. The number of nitrogens with one attached hydrogen (secondary N) is 1. The highest BCUT2D eigenvalue weighted by atomic mass is 35.5. The molecular formula is C25H21ClF4N2O3. The maximum absolute atomic E-state index is 14.8. The van der Waals surface area contributed by atoms with Crippen LogP contribution >= 0.6 is 11.6 Å². The second-order valence-electron chi connectivity index (χ2n) is 9.49. The van der Waals surface area contributed by atoms with Gasteiger partial charge in [-0.25, -0.2) is 4.39 Å². The average Bonchev–Trinajstić information content (AvgIpc) is 2.97. The molecule has 184 valence electrons. The molecule has 2 aliphatic rings. The van der Waals surface area contributed by atoms with Crippen LogP contribution in [0.5, 0.6) is 0 Å². The zero-order valence-corrected chi connectivity index (χ0v) is 19.6. The summed E-state index contributed by atoms with van der Waals surface area (Å²) in [5.74, 6) is -4.10. The van der Waals surface area contributed by atoms with Gasteiger partial charge in [-0.2, -0.15) is 13.2 Å². The van der Waals surface area contributed by atoms with Crippen molar-refractivity contribution in [2.24, 2.45) is 5.41 Å². The van der Waals surface area contributed by atoms with Gasteiger partial charge in [0.05, 0.1) is 12.1 Å². The Balaban J connectivity index is 1.87. The fraction of sp³-hybridized carbons (Fsp3) is 0.320. The van der Waals surface area contributed by atoms with Crippen LogP contribution < -0.4 is 5.32 Å². The van der Waals surface area contributed by atoms with Crippen molar-refractivity contribution < 1.29 is 31.9 Å². The number of carbonyl (C=O) groups is 3. The minimum atomic E-state index is -5.33. The van der Waals surface area contributed by atoms with Crippen LogP contribution in [-0.2, 0) is 16.1 Å². The molecule has 5 nitrogen and oxygen atoms in total. The Morgan fingerprint density at radius 2 is 1.74 bits per heavy atom. The van der Waals surface area contributed by atoms with Crippen LogP contribution in [0.4, 0.5) is 17.6 Å². The molecule has 2 amide bonds. The van der Waals surface area contributed by atoms with E-state index in [0.29, 0.717) is 5.56 Å². The SMILES string of the molecule is CC1(C)CC(=O)C2=C(C1)N(Cc1ccc(F)cc1)C(=O)[C@@]2(NC(=O)c1cccc(Cl)c1)C(F)(F)F. The van der Waals surface area contributed by atoms with Crippen LogP contribution in [0, 0.1) is 11.2 Å². The second kappa shape index (κ2) is 8.48. The molecule has 2 aromatic rings. The molecule has 0 saturated carbocycles. The van der Waals surface area contributed by atoms with E-state index in [9.17, 15) is 31.9 Å². The third-order valence-electron chi connectivity index (χ3n) is 6.19. The number of hydrogen-bond donors (Lipinski definition) is 1. The predicted octanol–water partition coefficient (Wildman–Crippen LogP) is 5.20. The fourth-order valence-corrected chi connectivity index (χ4v) is 4.83. The number of ketones is 1. The number of alkyl halides is 3. The quantitative estimate of drug-likeness (QED) is 0.578. The van der Waals surface area contributed by atoms with Crippen molar-refractivity contribution in [3.8, 4) is 0 Å². The summed E-state index contributed by atoms with van der Waals surface area (Å²) in [5.41, 5.74) is -4.97. The lowest BCUT2D eigenvalue weighted by molar-refractivity contribution is -0.190. The molecule has 1 aliphatic carbocycles. The van der Waals surface area contributed by atoms with Gasteiger partial charge in [-0.1, -0.05) is 43.6 Å². The summed E-state index contributed by atoms with van der Waals surface area (Å²) >= 11 is 5.88. The van der Waals surface area contributed by atoms with Crippen molar-refractivity contribution >= 4 is 29.2 Å². The Morgan fingerprint density at radius 1 is 1.09 bits per heavy atom. The molecule has 1 aliphatic heterocycles. The first-order valence-corrected chi connectivity index (χ1v) is 11.1. The van der Waals surface area contributed by atoms with E-state index in [1.54, 1.807) is 13.8 Å². The van der Waals surface area contributed by atoms with Gasteiger partial charge in [0.25, 0.3) is 11.8 Å². The van der Waals surface area contributed by atoms with Gasteiger partial charge in [0.2, 0.25) is 5.54 Å². The standard InChI is InChI=1S/C25H21ClF4N2O3/c1-23(2)11-18-20(19(33)12-23)24(25(28,29)30,31-21(34)15-4-3-5-16(26)10-15)22(35)32(18)13-14-6-8-17(27)9-7-14/h3-10H,11-13H2,1-2H3,(H,31,34)/t24-/m1/s1. The van der Waals surface area contributed by atoms with Crippen LogP contribution in [0.15, 0.2) is 59.8 Å². The van der Waals surface area contributed by atoms with E-state index >= 15 is 0 Å². The highest BCUT2D eigenvalue weighted by molar-refractivity contribution is 6.31. The van der Waals surface area contributed by atoms with E-state index < -0.39 is 46.1 Å². The van der Waals surface area contributed by atoms with Gasteiger partial charge in [0.15, 0.2) is 5.78 Å². The molecule has 0 aromatic heterocycles. The molecule has 0 spiro atoms. The Kier molecular flexibility index (Phi) is 6.03. The Labute approximate surface area is 203 Å². The maximum Gasteiger partial charge on any atom is 0.425 e. The number of hydrogen-bond acceptors (Lipinski definition) is 3. The smallest absolute Gasteiger partial charge is 0.326 e. The minimum Gasteiger partial charge on any atom is -0.326 e. The normalized spacial score (nSPS) is 21.9. The summed E-state index contributed by atoms with van der Waals surface area (Å²) in [6.07, 6.45) is -5.55. The van der Waals surface area contributed by atoms with Gasteiger partial charge in [0, 0.05) is 22.7 Å². The molecular weight excluding hydrogens is 488 g/mol. The van der Waals surface area contributed by atoms with Gasteiger partial charge in [-0.3, -0.25) is 14.4 Å². The lowest BCUT2D eigenvalue weighted by Gasteiger charge is -2.35. The number of allylic oxidation sites excluding steroid dienone is 1. The van der Waals surface area contributed by atoms with Crippen LogP contribution in [0.2, 0.25) is 5.02 Å². The van der Waals surface area contributed by atoms with Crippen LogP contribution in [0.1, 0.15) is 42.6 Å². The lowest BCUT2D eigenvalue weighted by Crippen LogP contribution is -2.66. The molecule has 0 bridgehead atoms. The van der Waals surface area contributed by atoms with Gasteiger partial charge in [-0.05, 0) is 47.7 Å². The number of benzene rings is 2. The summed E-state index contributed by atoms with van der Waals surface area (Å²) in [6, 6.07) is 10.2. The summed E-state index contributed by atoms with van der Waals surface area (Å²) in [4.78, 5) is 40.6. The van der Waals surface area contributed by atoms with Crippen LogP contribution in [0.25, 0.3) is 0 Å². The van der Waals surface area contributed by atoms with E-state index in [1.165, 1.54) is 30.3 Å². The number of rotatable bonds is 4. The summed E-state index contributed by atoms with van der Waals surface area (Å²) < 4.78 is 57.8. The van der Waals surface area contributed by atoms with E-state index in [-0.39, 0.29) is 35.7 Å². The van der Waals surface area contributed by atoms with E-state index in [1.807, 2.05) is 5.32 Å². The van der Waals surface area contributed by atoms with E-state index in [0.717, 1.165) is 23.1 Å². The number of halogens is 5. The van der Waals surface area contributed by atoms with Crippen LogP contribution in [0.3, 0.4) is 0 Å². The average molecular weight is 509 g/mol. The first-order chi connectivity index (χ1) is 16.2. The predicted molar refractivity (Wildman–Crippen MR) is 120 cm³/mol. The maximum atomic E-state index is 14.8. The highest BCUT2D eigenvalue weighted by Gasteiger charge is 2.71. The van der Waals surface area contributed by atoms with Crippen molar-refractivity contribution in [1.29, 1.82) is 0 Å². The molecule has 35 heavy (non-hydrogen) atoms. The number of nitrogens with zero attached hydrogens (tertiary/aromatic N) is 1. The van der Waals surface area contributed by atoms with Gasteiger partial charge < -0.3 is 10.2 Å². The first kappa shape index (κ1) is 24.9. The van der Waals surface area contributed by atoms with E-state index in [4.69, 9.17) is 11.6 Å². The molecule has 1 N–H and O–H groups in total. The topological polar surface area (TPSA) is 66.5 Å². The Morgan fingerprint density at radius 3 is 2.34 bits per heavy atom. The number of carbonyl (C=O) groups excluding carboxylic acids is 3. The van der Waals surface area contributed by atoms with Crippen molar-refractivity contribution in [3.63, 3.8) is 0 Å². The monoisotopic (exact) mass is 508 g/mol. The molecule has 0 saturated heterocycles. The molecule has 0 fully saturated rings. The molecule has 10 heteroatoms. The molecule has 1 atom stereocenters. The Hall–Kier alpha value is -3.20. The molecule has 2 aromatic carbocycles. The minimum absolute atomic E-state index is 0.00583. The highest BCUT2D eigenvalue weighted by Crippen LogP contribution is 2.52. The molecule has 4 rings (SSSR count). The zero-order chi connectivity index (χ0) is 25.8. The molecule has 1 heterocycles. The van der Waals surface area contributed by atoms with Crippen molar-refractivity contribution in [2.75, 3.05) is 0 Å². The third-order valence-corrected chi connectivity index (χ3v) is 6.42. The van der Waals surface area contributed by atoms with Crippen molar-refractivity contribution in [3.05, 3.63) is 81.8 Å².